The first-order chi connectivity index (χ1) is 20.2. The van der Waals surface area contributed by atoms with E-state index in [1.165, 1.54) is 4.57 Å². The van der Waals surface area contributed by atoms with Crippen LogP contribution >= 0.6 is 0 Å². The number of carbonyl (C=O) groups is 1. The van der Waals surface area contributed by atoms with Crippen molar-refractivity contribution in [2.45, 2.75) is 51.5 Å². The molecule has 0 bridgehead atoms. The van der Waals surface area contributed by atoms with Gasteiger partial charge in [-0.25, -0.2) is 13.8 Å². The summed E-state index contributed by atoms with van der Waals surface area (Å²) < 4.78 is 35.4. The highest BCUT2D eigenvalue weighted by Crippen LogP contribution is 2.34. The number of alkyl halides is 2. The Labute approximate surface area is 244 Å². The Morgan fingerprint density at radius 1 is 1.05 bits per heavy atom. The highest BCUT2D eigenvalue weighted by Gasteiger charge is 2.31. The van der Waals surface area contributed by atoms with E-state index < -0.39 is 6.43 Å². The van der Waals surface area contributed by atoms with Crippen LogP contribution in [0.15, 0.2) is 30.4 Å². The summed E-state index contributed by atoms with van der Waals surface area (Å²) in [7, 11) is 0. The van der Waals surface area contributed by atoms with Crippen LogP contribution in [0.1, 0.15) is 62.7 Å². The number of piperazine rings is 1. The first kappa shape index (κ1) is 29.8. The zero-order valence-electron chi connectivity index (χ0n) is 24.3. The molecule has 4 heterocycles. The third kappa shape index (κ3) is 6.51. The third-order valence-corrected chi connectivity index (χ3v) is 7.77. The molecule has 5 rings (SSSR count). The minimum Gasteiger partial charge on any atom is -0.378 e. The maximum Gasteiger partial charge on any atom is 0.296 e. The Morgan fingerprint density at radius 2 is 1.69 bits per heavy atom. The molecule has 2 atom stereocenters. The zero-order valence-corrected chi connectivity index (χ0v) is 24.3. The van der Waals surface area contributed by atoms with Gasteiger partial charge in [0.15, 0.2) is 5.82 Å². The second-order valence-electron chi connectivity index (χ2n) is 10.9. The fourth-order valence-corrected chi connectivity index (χ4v) is 5.55. The number of fused-ring (bicyclic) bond motifs is 1. The number of halogens is 2. The molecule has 2 aliphatic heterocycles. The van der Waals surface area contributed by atoms with E-state index in [1.807, 2.05) is 48.0 Å². The summed E-state index contributed by atoms with van der Waals surface area (Å²) >= 11 is 0. The van der Waals surface area contributed by atoms with Gasteiger partial charge >= 0.3 is 0 Å². The summed E-state index contributed by atoms with van der Waals surface area (Å²) in [6, 6.07) is -0.302. The van der Waals surface area contributed by atoms with E-state index in [0.717, 1.165) is 12.0 Å². The SMILES string of the molecule is C=C(C=CC)CC(N)CC(=O)N1CCN(c2nc(N3CCOCC3)nc(-n3c(C(F)F)nc4c3C=CCC4C)n2)CC1. The van der Waals surface area contributed by atoms with Crippen LogP contribution < -0.4 is 15.5 Å². The molecule has 2 aromatic rings. The quantitative estimate of drug-likeness (QED) is 0.444. The number of allylic oxidation sites excluding steroid dienone is 3. The van der Waals surface area contributed by atoms with Crippen molar-refractivity contribution in [3.63, 3.8) is 0 Å². The number of rotatable bonds is 9. The minimum absolute atomic E-state index is 0.00341. The molecular weight excluding hydrogens is 544 g/mol. The van der Waals surface area contributed by atoms with Gasteiger partial charge < -0.3 is 25.2 Å². The van der Waals surface area contributed by atoms with Crippen LogP contribution in [0.2, 0.25) is 0 Å². The van der Waals surface area contributed by atoms with Crippen molar-refractivity contribution in [3.8, 4) is 5.95 Å². The van der Waals surface area contributed by atoms with Crippen LogP contribution in [0.3, 0.4) is 0 Å². The molecule has 13 heteroatoms. The van der Waals surface area contributed by atoms with Gasteiger partial charge in [0.1, 0.15) is 0 Å². The first-order valence-electron chi connectivity index (χ1n) is 14.5. The lowest BCUT2D eigenvalue weighted by Crippen LogP contribution is -2.50. The average molecular weight is 584 g/mol. The number of nitrogens with two attached hydrogens (primary N) is 1. The van der Waals surface area contributed by atoms with Crippen LogP contribution in [0.5, 0.6) is 0 Å². The van der Waals surface area contributed by atoms with Crippen molar-refractivity contribution in [1.82, 2.24) is 29.4 Å². The van der Waals surface area contributed by atoms with Gasteiger partial charge in [0, 0.05) is 57.6 Å². The molecule has 226 valence electrons. The molecule has 1 aliphatic carbocycles. The zero-order chi connectivity index (χ0) is 29.8. The standard InChI is InChI=1S/C29H39F2N9O2/c1-4-6-19(2)17-21(32)18-23(41)37-9-11-38(12-10-37)27-34-28(39-13-15-42-16-14-39)36-29(35-27)40-22-8-5-7-20(3)24(22)33-26(40)25(30)31/h4-6,8,20-21,25H,2,7,9-18,32H2,1,3H3. The molecule has 2 unspecified atom stereocenters. The molecule has 11 nitrogen and oxygen atoms in total. The van der Waals surface area contributed by atoms with Gasteiger partial charge in [-0.15, -0.1) is 0 Å². The van der Waals surface area contributed by atoms with E-state index in [2.05, 4.69) is 16.5 Å². The number of hydrogen-bond donors (Lipinski definition) is 1. The van der Waals surface area contributed by atoms with Crippen LogP contribution in [0.4, 0.5) is 20.7 Å². The lowest BCUT2D eigenvalue weighted by molar-refractivity contribution is -0.131. The fourth-order valence-electron chi connectivity index (χ4n) is 5.55. The van der Waals surface area contributed by atoms with Crippen LogP contribution in [-0.4, -0.2) is 93.8 Å². The van der Waals surface area contributed by atoms with E-state index in [9.17, 15) is 13.6 Å². The van der Waals surface area contributed by atoms with E-state index in [1.54, 1.807) is 4.90 Å². The molecule has 0 radical (unpaired) electrons. The first-order valence-corrected chi connectivity index (χ1v) is 14.5. The van der Waals surface area contributed by atoms with Gasteiger partial charge in [-0.05, 0) is 25.8 Å². The van der Waals surface area contributed by atoms with E-state index in [4.69, 9.17) is 20.4 Å². The second-order valence-corrected chi connectivity index (χ2v) is 10.9. The summed E-state index contributed by atoms with van der Waals surface area (Å²) in [6.45, 7) is 12.0. The molecule has 0 aromatic carbocycles. The number of amides is 1. The van der Waals surface area contributed by atoms with Crippen molar-refractivity contribution < 1.29 is 18.3 Å². The van der Waals surface area contributed by atoms with Crippen molar-refractivity contribution in [3.05, 3.63) is 47.6 Å². The third-order valence-electron chi connectivity index (χ3n) is 7.77. The van der Waals surface area contributed by atoms with E-state index in [-0.39, 0.29) is 36.1 Å². The number of nitrogens with zero attached hydrogens (tertiary/aromatic N) is 8. The lowest BCUT2D eigenvalue weighted by atomic mass is 9.97. The van der Waals surface area contributed by atoms with Crippen molar-refractivity contribution in [1.29, 1.82) is 0 Å². The molecular formula is C29H39F2N9O2. The predicted octanol–water partition coefficient (Wildman–Crippen LogP) is 3.24. The summed E-state index contributed by atoms with van der Waals surface area (Å²) in [5.41, 5.74) is 8.29. The number of aromatic nitrogens is 5. The maximum atomic E-state index is 14.3. The summed E-state index contributed by atoms with van der Waals surface area (Å²) in [5.74, 6) is 0.502. The van der Waals surface area contributed by atoms with Gasteiger partial charge in [-0.3, -0.25) is 9.36 Å². The lowest BCUT2D eigenvalue weighted by Gasteiger charge is -2.36. The van der Waals surface area contributed by atoms with Crippen LogP contribution in [-0.2, 0) is 9.53 Å². The molecule has 3 aliphatic rings. The summed E-state index contributed by atoms with van der Waals surface area (Å²) in [5, 5.41) is 0. The van der Waals surface area contributed by atoms with Gasteiger partial charge in [-0.1, -0.05) is 37.3 Å². The number of ether oxygens (including phenoxy) is 1. The largest absolute Gasteiger partial charge is 0.378 e. The maximum absolute atomic E-state index is 14.3. The Bertz CT molecular complexity index is 1340. The molecule has 2 fully saturated rings. The number of morpholine rings is 1. The molecule has 2 aromatic heterocycles. The Morgan fingerprint density at radius 3 is 2.33 bits per heavy atom. The number of carbonyl (C=O) groups excluding carboxylic acids is 1. The minimum atomic E-state index is -2.81. The van der Waals surface area contributed by atoms with Crippen LogP contribution in [0, 0.1) is 0 Å². The Hall–Kier alpha value is -3.71. The topological polar surface area (TPSA) is 119 Å². The molecule has 1 amide bonds. The van der Waals surface area contributed by atoms with Crippen LogP contribution in [0.25, 0.3) is 12.0 Å². The van der Waals surface area contributed by atoms with Gasteiger partial charge in [0.05, 0.1) is 24.6 Å². The van der Waals surface area contributed by atoms with Gasteiger partial charge in [-0.2, -0.15) is 15.0 Å². The monoisotopic (exact) mass is 583 g/mol. The van der Waals surface area contributed by atoms with Gasteiger partial charge in [0.25, 0.3) is 6.43 Å². The Balaban J connectivity index is 1.40. The van der Waals surface area contributed by atoms with E-state index >= 15 is 0 Å². The normalized spacial score (nSPS) is 20.0. The van der Waals surface area contributed by atoms with Gasteiger partial charge in [0.2, 0.25) is 23.8 Å². The number of imidazole rings is 1. The molecule has 0 saturated carbocycles. The average Bonchev–Trinajstić information content (AvgIpc) is 3.39. The van der Waals surface area contributed by atoms with E-state index in [0.29, 0.717) is 82.2 Å². The molecule has 2 N–H and O–H groups in total. The molecule has 2 saturated heterocycles. The number of anilines is 2. The highest BCUT2D eigenvalue weighted by atomic mass is 19.3. The smallest absolute Gasteiger partial charge is 0.296 e. The highest BCUT2D eigenvalue weighted by molar-refractivity contribution is 5.77. The molecule has 42 heavy (non-hydrogen) atoms. The van der Waals surface area contributed by atoms with Crippen molar-refractivity contribution >= 4 is 23.9 Å². The van der Waals surface area contributed by atoms with Crippen molar-refractivity contribution in [2.24, 2.45) is 5.73 Å². The van der Waals surface area contributed by atoms with Crippen molar-refractivity contribution in [2.75, 3.05) is 62.3 Å². The molecule has 0 spiro atoms. The summed E-state index contributed by atoms with van der Waals surface area (Å²) in [4.78, 5) is 37.2. The predicted molar refractivity (Wildman–Crippen MR) is 157 cm³/mol. The second kappa shape index (κ2) is 13.1. The summed E-state index contributed by atoms with van der Waals surface area (Å²) in [6.07, 6.45) is 6.30. The fraction of sp³-hybridized carbons (Fsp3) is 0.552. The Kier molecular flexibility index (Phi) is 9.27. The number of hydrogen-bond acceptors (Lipinski definition) is 9.